The summed E-state index contributed by atoms with van der Waals surface area (Å²) in [7, 11) is 1.66. The van der Waals surface area contributed by atoms with E-state index in [1.807, 2.05) is 25.1 Å². The van der Waals surface area contributed by atoms with E-state index in [1.54, 1.807) is 19.4 Å². The molecule has 0 unspecified atom stereocenters. The van der Waals surface area contributed by atoms with E-state index < -0.39 is 0 Å². The van der Waals surface area contributed by atoms with Crippen molar-refractivity contribution >= 4 is 11.0 Å². The molecule has 1 aromatic carbocycles. The summed E-state index contributed by atoms with van der Waals surface area (Å²) in [6.45, 7) is 2.01. The van der Waals surface area contributed by atoms with Crippen molar-refractivity contribution in [3.8, 4) is 16.9 Å². The molecular formula is C16H14N2O2. The minimum Gasteiger partial charge on any atom is -0.496 e. The molecule has 0 aliphatic carbocycles. The van der Waals surface area contributed by atoms with Crippen LogP contribution in [0.2, 0.25) is 0 Å². The molecule has 100 valence electrons. The molecule has 4 heteroatoms. The third-order valence-electron chi connectivity index (χ3n) is 3.34. The van der Waals surface area contributed by atoms with Crippen LogP contribution in [-0.4, -0.2) is 17.1 Å². The van der Waals surface area contributed by atoms with Crippen molar-refractivity contribution in [2.45, 2.75) is 6.92 Å². The Balaban J connectivity index is 2.24. The molecule has 1 N–H and O–H groups in total. The second-order valence-electron chi connectivity index (χ2n) is 4.63. The average molecular weight is 266 g/mol. The number of hydrogen-bond donors (Lipinski definition) is 1. The zero-order valence-corrected chi connectivity index (χ0v) is 11.3. The van der Waals surface area contributed by atoms with Crippen molar-refractivity contribution in [2.24, 2.45) is 0 Å². The number of nitrogens with zero attached hydrogens (tertiary/aromatic N) is 1. The SMILES string of the molecule is COc1ccc(-c2ccnc3[nH]c(=O)ccc23)cc1C. The average Bonchev–Trinajstić information content (AvgIpc) is 2.46. The molecule has 0 radical (unpaired) electrons. The normalized spacial score (nSPS) is 10.7. The highest BCUT2D eigenvalue weighted by atomic mass is 16.5. The predicted molar refractivity (Wildman–Crippen MR) is 79.1 cm³/mol. The van der Waals surface area contributed by atoms with Crippen molar-refractivity contribution in [1.29, 1.82) is 0 Å². The Bertz CT molecular complexity index is 837. The Morgan fingerprint density at radius 1 is 1.15 bits per heavy atom. The quantitative estimate of drug-likeness (QED) is 0.776. The summed E-state index contributed by atoms with van der Waals surface area (Å²) >= 11 is 0. The zero-order chi connectivity index (χ0) is 14.1. The molecule has 3 rings (SSSR count). The van der Waals surface area contributed by atoms with Gasteiger partial charge in [0, 0.05) is 17.6 Å². The third-order valence-corrected chi connectivity index (χ3v) is 3.34. The van der Waals surface area contributed by atoms with Crippen LogP contribution >= 0.6 is 0 Å². The topological polar surface area (TPSA) is 55.0 Å². The number of aromatic amines is 1. The van der Waals surface area contributed by atoms with Crippen molar-refractivity contribution in [3.05, 3.63) is 58.5 Å². The van der Waals surface area contributed by atoms with Gasteiger partial charge < -0.3 is 9.72 Å². The summed E-state index contributed by atoms with van der Waals surface area (Å²) in [6, 6.07) is 11.3. The first-order valence-electron chi connectivity index (χ1n) is 6.32. The Hall–Kier alpha value is -2.62. The zero-order valence-electron chi connectivity index (χ0n) is 11.3. The predicted octanol–water partition coefficient (Wildman–Crippen LogP) is 2.91. The molecule has 0 saturated carbocycles. The molecule has 3 aromatic rings. The number of benzene rings is 1. The van der Waals surface area contributed by atoms with Crippen molar-refractivity contribution in [1.82, 2.24) is 9.97 Å². The molecule has 0 atom stereocenters. The maximum atomic E-state index is 11.4. The van der Waals surface area contributed by atoms with Gasteiger partial charge in [-0.25, -0.2) is 4.98 Å². The van der Waals surface area contributed by atoms with Crippen molar-refractivity contribution < 1.29 is 4.74 Å². The fraction of sp³-hybridized carbons (Fsp3) is 0.125. The van der Waals surface area contributed by atoms with E-state index in [0.717, 1.165) is 27.8 Å². The van der Waals surface area contributed by atoms with Crippen LogP contribution in [0, 0.1) is 6.92 Å². The van der Waals surface area contributed by atoms with Gasteiger partial charge in [0.05, 0.1) is 7.11 Å². The molecule has 0 spiro atoms. The number of methoxy groups -OCH3 is 1. The van der Waals surface area contributed by atoms with Gasteiger partial charge in [0.2, 0.25) is 5.56 Å². The molecule has 0 fully saturated rings. The second kappa shape index (κ2) is 4.81. The first-order valence-corrected chi connectivity index (χ1v) is 6.32. The molecule has 0 bridgehead atoms. The summed E-state index contributed by atoms with van der Waals surface area (Å²) in [5, 5.41) is 0.927. The number of aryl methyl sites for hydroxylation is 1. The molecule has 0 saturated heterocycles. The highest BCUT2D eigenvalue weighted by Gasteiger charge is 2.07. The fourth-order valence-electron chi connectivity index (χ4n) is 2.36. The van der Waals surface area contributed by atoms with Gasteiger partial charge in [-0.05, 0) is 47.9 Å². The van der Waals surface area contributed by atoms with E-state index in [4.69, 9.17) is 4.74 Å². The molecule has 4 nitrogen and oxygen atoms in total. The highest BCUT2D eigenvalue weighted by molar-refractivity contribution is 5.92. The van der Waals surface area contributed by atoms with Crippen molar-refractivity contribution in [2.75, 3.05) is 7.11 Å². The molecular weight excluding hydrogens is 252 g/mol. The second-order valence-corrected chi connectivity index (χ2v) is 4.63. The van der Waals surface area contributed by atoms with Crippen LogP contribution in [0.5, 0.6) is 5.75 Å². The van der Waals surface area contributed by atoms with Crippen LogP contribution in [0.3, 0.4) is 0 Å². The van der Waals surface area contributed by atoms with Crippen LogP contribution in [0.15, 0.2) is 47.4 Å². The van der Waals surface area contributed by atoms with E-state index in [9.17, 15) is 4.79 Å². The molecule has 20 heavy (non-hydrogen) atoms. The molecule has 0 aliphatic rings. The summed E-state index contributed by atoms with van der Waals surface area (Å²) in [6.07, 6.45) is 1.70. The minimum atomic E-state index is -0.145. The third kappa shape index (κ3) is 2.05. The van der Waals surface area contributed by atoms with Crippen LogP contribution in [-0.2, 0) is 0 Å². The summed E-state index contributed by atoms with van der Waals surface area (Å²) < 4.78 is 5.28. The number of pyridine rings is 2. The number of nitrogens with one attached hydrogen (secondary N) is 1. The summed E-state index contributed by atoms with van der Waals surface area (Å²) in [4.78, 5) is 18.3. The number of H-pyrrole nitrogens is 1. The van der Waals surface area contributed by atoms with Gasteiger partial charge in [-0.15, -0.1) is 0 Å². The number of fused-ring (bicyclic) bond motifs is 1. The lowest BCUT2D eigenvalue weighted by Gasteiger charge is -2.09. The Morgan fingerprint density at radius 3 is 2.75 bits per heavy atom. The maximum Gasteiger partial charge on any atom is 0.249 e. The number of rotatable bonds is 2. The monoisotopic (exact) mass is 266 g/mol. The number of ether oxygens (including phenoxy) is 1. The van der Waals surface area contributed by atoms with Crippen LogP contribution in [0.25, 0.3) is 22.2 Å². The first kappa shape index (κ1) is 12.4. The summed E-state index contributed by atoms with van der Waals surface area (Å²) in [5.74, 6) is 0.862. The highest BCUT2D eigenvalue weighted by Crippen LogP contribution is 2.29. The lowest BCUT2D eigenvalue weighted by Crippen LogP contribution is -2.03. The van der Waals surface area contributed by atoms with Gasteiger partial charge in [-0.2, -0.15) is 0 Å². The maximum absolute atomic E-state index is 11.4. The van der Waals surface area contributed by atoms with E-state index in [-0.39, 0.29) is 5.56 Å². The minimum absolute atomic E-state index is 0.145. The fourth-order valence-corrected chi connectivity index (χ4v) is 2.36. The smallest absolute Gasteiger partial charge is 0.249 e. The van der Waals surface area contributed by atoms with Gasteiger partial charge in [-0.1, -0.05) is 6.07 Å². The Kier molecular flexibility index (Phi) is 2.99. The number of hydrogen-bond acceptors (Lipinski definition) is 3. The van der Waals surface area contributed by atoms with Gasteiger partial charge in [0.1, 0.15) is 11.4 Å². The lowest BCUT2D eigenvalue weighted by atomic mass is 10.0. The van der Waals surface area contributed by atoms with Crippen molar-refractivity contribution in [3.63, 3.8) is 0 Å². The van der Waals surface area contributed by atoms with Crippen LogP contribution < -0.4 is 10.3 Å². The standard InChI is InChI=1S/C16H14N2O2/c1-10-9-11(3-5-14(10)20-2)12-7-8-17-16-13(12)4-6-15(19)18-16/h3-9H,1-2H3,(H,17,18,19). The first-order chi connectivity index (χ1) is 9.69. The molecule has 2 aromatic heterocycles. The molecule has 0 amide bonds. The van der Waals surface area contributed by atoms with Crippen LogP contribution in [0.4, 0.5) is 0 Å². The molecule has 2 heterocycles. The Labute approximate surface area is 116 Å². The van der Waals surface area contributed by atoms with Gasteiger partial charge >= 0.3 is 0 Å². The lowest BCUT2D eigenvalue weighted by molar-refractivity contribution is 0.412. The van der Waals surface area contributed by atoms with E-state index in [0.29, 0.717) is 5.65 Å². The largest absolute Gasteiger partial charge is 0.496 e. The van der Waals surface area contributed by atoms with Gasteiger partial charge in [0.25, 0.3) is 0 Å². The Morgan fingerprint density at radius 2 is 2.00 bits per heavy atom. The molecule has 0 aliphatic heterocycles. The number of aromatic nitrogens is 2. The van der Waals surface area contributed by atoms with Gasteiger partial charge in [-0.3, -0.25) is 4.79 Å². The van der Waals surface area contributed by atoms with E-state index in [2.05, 4.69) is 16.0 Å². The van der Waals surface area contributed by atoms with E-state index in [1.165, 1.54) is 6.07 Å². The van der Waals surface area contributed by atoms with Crippen LogP contribution in [0.1, 0.15) is 5.56 Å². The van der Waals surface area contributed by atoms with Gasteiger partial charge in [0.15, 0.2) is 0 Å². The summed E-state index contributed by atoms with van der Waals surface area (Å²) in [5.41, 5.74) is 3.63. The van der Waals surface area contributed by atoms with E-state index >= 15 is 0 Å².